The fraction of sp³-hybridized carbons (Fsp3) is 0.533. The molecule has 19 heavy (non-hydrogen) atoms. The smallest absolute Gasteiger partial charge is 0.337 e. The van der Waals surface area contributed by atoms with Gasteiger partial charge in [0.1, 0.15) is 0 Å². The van der Waals surface area contributed by atoms with Crippen molar-refractivity contribution in [2.75, 3.05) is 11.9 Å². The fourth-order valence-corrected chi connectivity index (χ4v) is 3.12. The van der Waals surface area contributed by atoms with Crippen LogP contribution in [0.2, 0.25) is 0 Å². The maximum atomic E-state index is 11.1. The first-order valence-electron chi connectivity index (χ1n) is 6.93. The summed E-state index contributed by atoms with van der Waals surface area (Å²) in [6, 6.07) is 5.22. The SMILES string of the molecule is O=C(O)c1ccc(Br)cc1NCCCC1CCCC1. The third-order valence-corrected chi connectivity index (χ3v) is 4.28. The molecule has 1 aromatic carbocycles. The van der Waals surface area contributed by atoms with Crippen LogP contribution in [-0.2, 0) is 0 Å². The Morgan fingerprint density at radius 2 is 2.11 bits per heavy atom. The van der Waals surface area contributed by atoms with E-state index < -0.39 is 5.97 Å². The lowest BCUT2D eigenvalue weighted by Crippen LogP contribution is -2.08. The van der Waals surface area contributed by atoms with Gasteiger partial charge in [-0.25, -0.2) is 4.79 Å². The quantitative estimate of drug-likeness (QED) is 0.755. The molecule has 2 N–H and O–H groups in total. The number of carboxylic acid groups (broad SMARTS) is 1. The van der Waals surface area contributed by atoms with E-state index in [9.17, 15) is 4.79 Å². The highest BCUT2D eigenvalue weighted by molar-refractivity contribution is 9.10. The molecular weight excluding hydrogens is 306 g/mol. The Bertz CT molecular complexity index is 442. The van der Waals surface area contributed by atoms with E-state index in [4.69, 9.17) is 5.11 Å². The Kier molecular flexibility index (Phi) is 5.25. The minimum atomic E-state index is -0.884. The molecular formula is C15H20BrNO2. The van der Waals surface area contributed by atoms with Gasteiger partial charge >= 0.3 is 5.97 Å². The van der Waals surface area contributed by atoms with Crippen LogP contribution in [-0.4, -0.2) is 17.6 Å². The van der Waals surface area contributed by atoms with Crippen LogP contribution in [0.15, 0.2) is 22.7 Å². The van der Waals surface area contributed by atoms with E-state index in [2.05, 4.69) is 21.2 Å². The maximum Gasteiger partial charge on any atom is 0.337 e. The fourth-order valence-electron chi connectivity index (χ4n) is 2.76. The molecule has 1 aromatic rings. The highest BCUT2D eigenvalue weighted by atomic mass is 79.9. The second-order valence-electron chi connectivity index (χ2n) is 5.21. The molecule has 0 amide bonds. The zero-order valence-electron chi connectivity index (χ0n) is 11.0. The predicted octanol–water partition coefficient (Wildman–Crippen LogP) is 4.53. The zero-order chi connectivity index (χ0) is 13.7. The second-order valence-corrected chi connectivity index (χ2v) is 6.13. The summed E-state index contributed by atoms with van der Waals surface area (Å²) in [5.74, 6) is 0.00838. The van der Waals surface area contributed by atoms with Crippen molar-refractivity contribution >= 4 is 27.6 Å². The van der Waals surface area contributed by atoms with Gasteiger partial charge in [0, 0.05) is 16.7 Å². The number of nitrogens with one attached hydrogen (secondary N) is 1. The molecule has 3 nitrogen and oxygen atoms in total. The molecule has 0 unspecified atom stereocenters. The number of anilines is 1. The van der Waals surface area contributed by atoms with E-state index in [0.717, 1.165) is 23.4 Å². The average Bonchev–Trinajstić information content (AvgIpc) is 2.87. The molecule has 0 atom stereocenters. The van der Waals surface area contributed by atoms with Gasteiger partial charge in [-0.1, -0.05) is 41.6 Å². The normalized spacial score (nSPS) is 15.6. The summed E-state index contributed by atoms with van der Waals surface area (Å²) in [4.78, 5) is 11.1. The van der Waals surface area contributed by atoms with E-state index in [1.165, 1.54) is 32.1 Å². The molecule has 0 aromatic heterocycles. The number of hydrogen-bond donors (Lipinski definition) is 2. The van der Waals surface area contributed by atoms with E-state index >= 15 is 0 Å². The Hall–Kier alpha value is -1.03. The minimum absolute atomic E-state index is 0.337. The number of aromatic carboxylic acids is 1. The van der Waals surface area contributed by atoms with E-state index in [1.807, 2.05) is 6.07 Å². The van der Waals surface area contributed by atoms with Crippen LogP contribution in [0.3, 0.4) is 0 Å². The van der Waals surface area contributed by atoms with Gasteiger partial charge in [-0.15, -0.1) is 0 Å². The van der Waals surface area contributed by atoms with Crippen LogP contribution in [0.25, 0.3) is 0 Å². The molecule has 1 fully saturated rings. The van der Waals surface area contributed by atoms with Crippen molar-refractivity contribution < 1.29 is 9.90 Å². The Balaban J connectivity index is 1.84. The van der Waals surface area contributed by atoms with Gasteiger partial charge in [0.25, 0.3) is 0 Å². The lowest BCUT2D eigenvalue weighted by molar-refractivity contribution is 0.0698. The third-order valence-electron chi connectivity index (χ3n) is 3.79. The van der Waals surface area contributed by atoms with Gasteiger partial charge in [-0.2, -0.15) is 0 Å². The van der Waals surface area contributed by atoms with Crippen molar-refractivity contribution in [1.29, 1.82) is 0 Å². The Labute approximate surface area is 122 Å². The molecule has 0 bridgehead atoms. The van der Waals surface area contributed by atoms with Crippen molar-refractivity contribution in [1.82, 2.24) is 0 Å². The number of hydrogen-bond acceptors (Lipinski definition) is 2. The first-order valence-corrected chi connectivity index (χ1v) is 7.73. The summed E-state index contributed by atoms with van der Waals surface area (Å²) in [7, 11) is 0. The van der Waals surface area contributed by atoms with Gasteiger partial charge < -0.3 is 10.4 Å². The van der Waals surface area contributed by atoms with Gasteiger partial charge in [-0.3, -0.25) is 0 Å². The summed E-state index contributed by atoms with van der Waals surface area (Å²) < 4.78 is 0.899. The number of halogens is 1. The van der Waals surface area contributed by atoms with Crippen molar-refractivity contribution in [3.05, 3.63) is 28.2 Å². The number of rotatable bonds is 6. The second kappa shape index (κ2) is 6.94. The number of benzene rings is 1. The molecule has 1 aliphatic rings. The first-order chi connectivity index (χ1) is 9.16. The van der Waals surface area contributed by atoms with Crippen molar-refractivity contribution in [3.8, 4) is 0 Å². The minimum Gasteiger partial charge on any atom is -0.478 e. The molecule has 4 heteroatoms. The Morgan fingerprint density at radius 3 is 2.79 bits per heavy atom. The average molecular weight is 326 g/mol. The standard InChI is InChI=1S/C15H20BrNO2/c16-12-7-8-13(15(18)19)14(10-12)17-9-3-6-11-4-1-2-5-11/h7-8,10-11,17H,1-6,9H2,(H,18,19). The van der Waals surface area contributed by atoms with Crippen molar-refractivity contribution in [2.24, 2.45) is 5.92 Å². The predicted molar refractivity (Wildman–Crippen MR) is 80.8 cm³/mol. The molecule has 0 heterocycles. The lowest BCUT2D eigenvalue weighted by Gasteiger charge is -2.12. The molecule has 0 saturated heterocycles. The van der Waals surface area contributed by atoms with Gasteiger partial charge in [0.05, 0.1) is 5.56 Å². The largest absolute Gasteiger partial charge is 0.478 e. The van der Waals surface area contributed by atoms with Gasteiger partial charge in [0.15, 0.2) is 0 Å². The van der Waals surface area contributed by atoms with Crippen molar-refractivity contribution in [2.45, 2.75) is 38.5 Å². The van der Waals surface area contributed by atoms with Crippen LogP contribution in [0.1, 0.15) is 48.9 Å². The van der Waals surface area contributed by atoms with Crippen LogP contribution in [0.4, 0.5) is 5.69 Å². The summed E-state index contributed by atoms with van der Waals surface area (Å²) in [6.07, 6.45) is 7.87. The van der Waals surface area contributed by atoms with E-state index in [1.54, 1.807) is 12.1 Å². The maximum absolute atomic E-state index is 11.1. The topological polar surface area (TPSA) is 49.3 Å². The summed E-state index contributed by atoms with van der Waals surface area (Å²) in [5.41, 5.74) is 1.04. The lowest BCUT2D eigenvalue weighted by atomic mass is 10.0. The molecule has 1 saturated carbocycles. The summed E-state index contributed by atoms with van der Waals surface area (Å²) >= 11 is 3.38. The monoisotopic (exact) mass is 325 g/mol. The van der Waals surface area contributed by atoms with Gasteiger partial charge in [-0.05, 0) is 37.0 Å². The number of carboxylic acids is 1. The molecule has 2 rings (SSSR count). The number of carbonyl (C=O) groups is 1. The highest BCUT2D eigenvalue weighted by Crippen LogP contribution is 2.28. The van der Waals surface area contributed by atoms with Crippen LogP contribution < -0.4 is 5.32 Å². The third kappa shape index (κ3) is 4.23. The van der Waals surface area contributed by atoms with Crippen LogP contribution >= 0.6 is 15.9 Å². The van der Waals surface area contributed by atoms with Gasteiger partial charge in [0.2, 0.25) is 0 Å². The van der Waals surface area contributed by atoms with Crippen LogP contribution in [0, 0.1) is 5.92 Å². The Morgan fingerprint density at radius 1 is 1.37 bits per heavy atom. The van der Waals surface area contributed by atoms with Crippen molar-refractivity contribution in [3.63, 3.8) is 0 Å². The molecule has 0 aliphatic heterocycles. The molecule has 0 radical (unpaired) electrons. The molecule has 104 valence electrons. The summed E-state index contributed by atoms with van der Waals surface area (Å²) in [5, 5.41) is 12.4. The first kappa shape index (κ1) is 14.4. The van der Waals surface area contributed by atoms with E-state index in [0.29, 0.717) is 11.3 Å². The highest BCUT2D eigenvalue weighted by Gasteiger charge is 2.14. The van der Waals surface area contributed by atoms with E-state index in [-0.39, 0.29) is 0 Å². The van der Waals surface area contributed by atoms with Crippen LogP contribution in [0.5, 0.6) is 0 Å². The molecule has 1 aliphatic carbocycles. The zero-order valence-corrected chi connectivity index (χ0v) is 12.6. The molecule has 0 spiro atoms. The summed E-state index contributed by atoms with van der Waals surface area (Å²) in [6.45, 7) is 0.841.